The summed E-state index contributed by atoms with van der Waals surface area (Å²) in [5, 5.41) is 8.44. The fourth-order valence-corrected chi connectivity index (χ4v) is 3.84. The number of hydrogen-bond donors (Lipinski definition) is 3. The highest BCUT2D eigenvalue weighted by molar-refractivity contribution is 6.03. The Morgan fingerprint density at radius 2 is 1.97 bits per heavy atom. The summed E-state index contributed by atoms with van der Waals surface area (Å²) in [6.45, 7) is 4.56. The van der Waals surface area contributed by atoms with Gasteiger partial charge in [-0.25, -0.2) is 14.2 Å². The van der Waals surface area contributed by atoms with E-state index in [1.807, 2.05) is 36.6 Å². The number of carbonyl (C=O) groups excluding carboxylic acids is 2. The van der Waals surface area contributed by atoms with E-state index in [-0.39, 0.29) is 11.9 Å². The molecule has 3 N–H and O–H groups in total. The quantitative estimate of drug-likeness (QED) is 0.538. The minimum atomic E-state index is -0.444. The van der Waals surface area contributed by atoms with Crippen molar-refractivity contribution >= 4 is 23.3 Å². The van der Waals surface area contributed by atoms with Crippen molar-refractivity contribution in [3.05, 3.63) is 77.1 Å². The first-order valence-electron chi connectivity index (χ1n) is 10.7. The van der Waals surface area contributed by atoms with Crippen LogP contribution in [0.5, 0.6) is 0 Å². The van der Waals surface area contributed by atoms with Crippen LogP contribution in [0.25, 0.3) is 0 Å². The molecule has 0 aliphatic carbocycles. The molecule has 0 bridgehead atoms. The molecule has 1 atom stereocenters. The van der Waals surface area contributed by atoms with Crippen LogP contribution in [-0.4, -0.2) is 21.5 Å². The van der Waals surface area contributed by atoms with Crippen molar-refractivity contribution in [2.24, 2.45) is 0 Å². The molecule has 1 aromatic heterocycles. The lowest BCUT2D eigenvalue weighted by molar-refractivity contribution is 0.101. The number of aryl methyl sites for hydroxylation is 2. The average molecular weight is 436 g/mol. The molecule has 0 radical (unpaired) electrons. The van der Waals surface area contributed by atoms with Crippen LogP contribution in [0.3, 0.4) is 0 Å². The lowest BCUT2D eigenvalue weighted by atomic mass is 10.0. The molecule has 4 rings (SSSR count). The average Bonchev–Trinajstić information content (AvgIpc) is 3.19. The van der Waals surface area contributed by atoms with Crippen molar-refractivity contribution in [3.8, 4) is 0 Å². The Labute approximate surface area is 186 Å². The molecule has 2 heterocycles. The number of benzene rings is 2. The number of nitrogens with one attached hydrogen (secondary N) is 3. The molecule has 0 saturated carbocycles. The lowest BCUT2D eigenvalue weighted by Gasteiger charge is -2.18. The van der Waals surface area contributed by atoms with E-state index < -0.39 is 11.8 Å². The van der Waals surface area contributed by atoms with Crippen molar-refractivity contribution in [1.82, 2.24) is 14.9 Å². The standard InChI is InChI=1S/C24H26FN5O2/c1-15-9-10-17(16(2)27-24(32)28-19-7-5-6-18(25)13-19)12-20(15)29-23(31)21-14-26-22-8-3-4-11-30(21)22/h5-7,9-10,12-14,16H,3-4,8,11H2,1-2H3,(H,29,31)(H2,27,28,32). The van der Waals surface area contributed by atoms with Gasteiger partial charge in [-0.1, -0.05) is 18.2 Å². The second-order valence-corrected chi connectivity index (χ2v) is 8.03. The summed E-state index contributed by atoms with van der Waals surface area (Å²) in [4.78, 5) is 29.6. The van der Waals surface area contributed by atoms with E-state index in [2.05, 4.69) is 20.9 Å². The lowest BCUT2D eigenvalue weighted by Crippen LogP contribution is -2.31. The zero-order chi connectivity index (χ0) is 22.7. The zero-order valence-electron chi connectivity index (χ0n) is 18.1. The van der Waals surface area contributed by atoms with Gasteiger partial charge in [0.15, 0.2) is 0 Å². The van der Waals surface area contributed by atoms with Crippen LogP contribution in [0.1, 0.15) is 53.2 Å². The van der Waals surface area contributed by atoms with Gasteiger partial charge < -0.3 is 20.5 Å². The van der Waals surface area contributed by atoms with E-state index in [0.29, 0.717) is 17.1 Å². The summed E-state index contributed by atoms with van der Waals surface area (Å²) < 4.78 is 15.3. The second-order valence-electron chi connectivity index (χ2n) is 8.03. The van der Waals surface area contributed by atoms with Gasteiger partial charge in [-0.15, -0.1) is 0 Å². The number of nitrogens with zero attached hydrogens (tertiary/aromatic N) is 2. The Hall–Kier alpha value is -3.68. The number of amides is 3. The van der Waals surface area contributed by atoms with E-state index in [4.69, 9.17) is 0 Å². The number of fused-ring (bicyclic) bond motifs is 1. The molecule has 8 heteroatoms. The van der Waals surface area contributed by atoms with Crippen molar-refractivity contribution in [2.45, 2.75) is 45.7 Å². The number of imidazole rings is 1. The van der Waals surface area contributed by atoms with Crippen LogP contribution in [-0.2, 0) is 13.0 Å². The van der Waals surface area contributed by atoms with Gasteiger partial charge in [0.25, 0.3) is 5.91 Å². The van der Waals surface area contributed by atoms with E-state index in [9.17, 15) is 14.0 Å². The third-order valence-corrected chi connectivity index (χ3v) is 5.64. The zero-order valence-corrected chi connectivity index (χ0v) is 18.1. The van der Waals surface area contributed by atoms with Crippen LogP contribution < -0.4 is 16.0 Å². The molecule has 3 aromatic rings. The number of urea groups is 1. The van der Waals surface area contributed by atoms with Crippen LogP contribution in [0.4, 0.5) is 20.6 Å². The topological polar surface area (TPSA) is 88.1 Å². The van der Waals surface area contributed by atoms with Gasteiger partial charge in [-0.05, 0) is 62.1 Å². The van der Waals surface area contributed by atoms with Crippen molar-refractivity contribution < 1.29 is 14.0 Å². The molecule has 0 fully saturated rings. The van der Waals surface area contributed by atoms with E-state index >= 15 is 0 Å². The molecule has 1 aliphatic rings. The molecule has 0 saturated heterocycles. The maximum Gasteiger partial charge on any atom is 0.319 e. The summed E-state index contributed by atoms with van der Waals surface area (Å²) in [7, 11) is 0. The first kappa shape index (κ1) is 21.5. The summed E-state index contributed by atoms with van der Waals surface area (Å²) >= 11 is 0. The molecule has 32 heavy (non-hydrogen) atoms. The number of hydrogen-bond acceptors (Lipinski definition) is 3. The SMILES string of the molecule is Cc1ccc(C(C)NC(=O)Nc2cccc(F)c2)cc1NC(=O)c1cnc2n1CCCC2. The van der Waals surface area contributed by atoms with E-state index in [0.717, 1.165) is 42.8 Å². The minimum absolute atomic E-state index is 0.199. The minimum Gasteiger partial charge on any atom is -0.331 e. The predicted octanol–water partition coefficient (Wildman–Crippen LogP) is 4.80. The molecule has 7 nitrogen and oxygen atoms in total. The first-order chi connectivity index (χ1) is 15.4. The highest BCUT2D eigenvalue weighted by atomic mass is 19.1. The normalized spacial score (nSPS) is 13.7. The van der Waals surface area contributed by atoms with Gasteiger partial charge >= 0.3 is 6.03 Å². The molecular formula is C24H26FN5O2. The number of carbonyl (C=O) groups is 2. The Morgan fingerprint density at radius 1 is 1.12 bits per heavy atom. The van der Waals surface area contributed by atoms with Gasteiger partial charge in [0.1, 0.15) is 17.3 Å². The van der Waals surface area contributed by atoms with Gasteiger partial charge in [0.2, 0.25) is 0 Å². The summed E-state index contributed by atoms with van der Waals surface area (Å²) in [5.41, 5.74) is 3.35. The largest absolute Gasteiger partial charge is 0.331 e. The molecular weight excluding hydrogens is 409 g/mol. The summed E-state index contributed by atoms with van der Waals surface area (Å²) in [5.74, 6) is 0.332. The first-order valence-corrected chi connectivity index (χ1v) is 10.7. The van der Waals surface area contributed by atoms with Crippen LogP contribution >= 0.6 is 0 Å². The van der Waals surface area contributed by atoms with Gasteiger partial charge in [0, 0.05) is 24.3 Å². The summed E-state index contributed by atoms with van der Waals surface area (Å²) in [6.07, 6.45) is 4.66. The van der Waals surface area contributed by atoms with E-state index in [1.165, 1.54) is 18.2 Å². The highest BCUT2D eigenvalue weighted by Crippen LogP contribution is 2.23. The Morgan fingerprint density at radius 3 is 2.78 bits per heavy atom. The molecule has 0 spiro atoms. The van der Waals surface area contributed by atoms with Gasteiger partial charge in [0.05, 0.1) is 12.2 Å². The number of rotatable bonds is 5. The highest BCUT2D eigenvalue weighted by Gasteiger charge is 2.20. The fourth-order valence-electron chi connectivity index (χ4n) is 3.84. The molecule has 2 aromatic carbocycles. The number of anilines is 2. The van der Waals surface area contributed by atoms with Crippen LogP contribution in [0, 0.1) is 12.7 Å². The monoisotopic (exact) mass is 435 g/mol. The molecule has 166 valence electrons. The maximum atomic E-state index is 13.3. The Bertz CT molecular complexity index is 1160. The number of halogens is 1. The molecule has 1 unspecified atom stereocenters. The third-order valence-electron chi connectivity index (χ3n) is 5.64. The van der Waals surface area contributed by atoms with E-state index in [1.54, 1.807) is 12.3 Å². The van der Waals surface area contributed by atoms with Crippen molar-refractivity contribution in [3.63, 3.8) is 0 Å². The fraction of sp³-hybridized carbons (Fsp3) is 0.292. The Balaban J connectivity index is 1.44. The van der Waals surface area contributed by atoms with Gasteiger partial charge in [-0.3, -0.25) is 4.79 Å². The smallest absolute Gasteiger partial charge is 0.319 e. The molecule has 1 aliphatic heterocycles. The molecule has 3 amide bonds. The second kappa shape index (κ2) is 9.21. The van der Waals surface area contributed by atoms with Crippen LogP contribution in [0.2, 0.25) is 0 Å². The maximum absolute atomic E-state index is 13.3. The Kier molecular flexibility index (Phi) is 6.20. The summed E-state index contributed by atoms with van der Waals surface area (Å²) in [6, 6.07) is 10.6. The van der Waals surface area contributed by atoms with Crippen molar-refractivity contribution in [2.75, 3.05) is 10.6 Å². The predicted molar refractivity (Wildman–Crippen MR) is 121 cm³/mol. The van der Waals surface area contributed by atoms with Crippen molar-refractivity contribution in [1.29, 1.82) is 0 Å². The van der Waals surface area contributed by atoms with Gasteiger partial charge in [-0.2, -0.15) is 0 Å². The third kappa shape index (κ3) is 4.80. The van der Waals surface area contributed by atoms with Crippen LogP contribution in [0.15, 0.2) is 48.7 Å². The number of aromatic nitrogens is 2.